The summed E-state index contributed by atoms with van der Waals surface area (Å²) in [6.07, 6.45) is 3.85. The Balaban J connectivity index is 1.11. The third-order valence-electron chi connectivity index (χ3n) is 8.68. The molecule has 0 amide bonds. The fraction of sp³-hybridized carbons (Fsp3) is 0. The van der Waals surface area contributed by atoms with E-state index < -0.39 is 0 Å². The van der Waals surface area contributed by atoms with E-state index in [1.54, 1.807) is 0 Å². The molecule has 3 heterocycles. The molecule has 0 saturated heterocycles. The maximum absolute atomic E-state index is 4.38. The minimum absolute atomic E-state index is 1.17. The van der Waals surface area contributed by atoms with E-state index in [-0.39, 0.29) is 0 Å². The summed E-state index contributed by atoms with van der Waals surface area (Å²) in [4.78, 5) is 4.38. The van der Waals surface area contributed by atoms with Crippen LogP contribution in [-0.4, -0.2) is 9.55 Å². The molecule has 0 aliphatic carbocycles. The Morgan fingerprint density at radius 3 is 1.61 bits per heavy atom. The van der Waals surface area contributed by atoms with E-state index in [0.29, 0.717) is 0 Å². The van der Waals surface area contributed by atoms with Crippen LogP contribution in [0.4, 0.5) is 0 Å². The molecule has 0 saturated carbocycles. The number of thiophene rings is 1. The van der Waals surface area contributed by atoms with E-state index in [4.69, 9.17) is 0 Å². The van der Waals surface area contributed by atoms with Gasteiger partial charge >= 0.3 is 0 Å². The van der Waals surface area contributed by atoms with Gasteiger partial charge in [0.15, 0.2) is 0 Å². The normalized spacial score (nSPS) is 11.6. The molecular formula is C41H26N2S. The van der Waals surface area contributed by atoms with Crippen LogP contribution in [0.5, 0.6) is 0 Å². The average molecular weight is 579 g/mol. The van der Waals surface area contributed by atoms with Gasteiger partial charge in [-0.3, -0.25) is 4.98 Å². The molecule has 206 valence electrons. The van der Waals surface area contributed by atoms with Gasteiger partial charge in [-0.2, -0.15) is 0 Å². The minimum Gasteiger partial charge on any atom is -0.309 e. The molecule has 6 aromatic carbocycles. The summed E-state index contributed by atoms with van der Waals surface area (Å²) in [5.74, 6) is 0. The molecule has 0 radical (unpaired) electrons. The van der Waals surface area contributed by atoms with Crippen LogP contribution >= 0.6 is 11.3 Å². The Hall–Kier alpha value is -5.51. The first-order valence-corrected chi connectivity index (χ1v) is 15.7. The van der Waals surface area contributed by atoms with Crippen molar-refractivity contribution in [3.63, 3.8) is 0 Å². The lowest BCUT2D eigenvalue weighted by molar-refractivity contribution is 1.18. The van der Waals surface area contributed by atoms with Gasteiger partial charge in [0.25, 0.3) is 0 Å². The summed E-state index contributed by atoms with van der Waals surface area (Å²) in [5, 5.41) is 5.05. The van der Waals surface area contributed by atoms with Crippen LogP contribution < -0.4 is 0 Å². The van der Waals surface area contributed by atoms with Crippen molar-refractivity contribution in [3.05, 3.63) is 158 Å². The van der Waals surface area contributed by atoms with Gasteiger partial charge in [-0.05, 0) is 88.0 Å². The van der Waals surface area contributed by atoms with E-state index in [9.17, 15) is 0 Å². The minimum atomic E-state index is 1.17. The van der Waals surface area contributed by atoms with Crippen LogP contribution in [0.1, 0.15) is 0 Å². The molecule has 3 aromatic heterocycles. The van der Waals surface area contributed by atoms with Crippen LogP contribution in [0.3, 0.4) is 0 Å². The number of hydrogen-bond donors (Lipinski definition) is 0. The van der Waals surface area contributed by atoms with Crippen molar-refractivity contribution < 1.29 is 0 Å². The number of hydrogen-bond acceptors (Lipinski definition) is 2. The predicted molar refractivity (Wildman–Crippen MR) is 188 cm³/mol. The number of pyridine rings is 1. The molecule has 0 unspecified atom stereocenters. The van der Waals surface area contributed by atoms with Crippen LogP contribution in [0, 0.1) is 0 Å². The molecule has 0 aliphatic rings. The Morgan fingerprint density at radius 1 is 0.409 bits per heavy atom. The predicted octanol–water partition coefficient (Wildman–Crippen LogP) is 11.5. The van der Waals surface area contributed by atoms with Crippen molar-refractivity contribution in [1.29, 1.82) is 0 Å². The van der Waals surface area contributed by atoms with Gasteiger partial charge in [0, 0.05) is 49.0 Å². The van der Waals surface area contributed by atoms with Crippen molar-refractivity contribution in [2.75, 3.05) is 0 Å². The maximum Gasteiger partial charge on any atom is 0.0541 e. The molecule has 3 heteroatoms. The van der Waals surface area contributed by atoms with Crippen LogP contribution in [0.25, 0.3) is 81.0 Å². The second-order valence-electron chi connectivity index (χ2n) is 11.3. The van der Waals surface area contributed by atoms with Gasteiger partial charge in [-0.1, -0.05) is 91.0 Å². The molecule has 9 aromatic rings. The van der Waals surface area contributed by atoms with Gasteiger partial charge in [0.05, 0.1) is 11.0 Å². The zero-order valence-electron chi connectivity index (χ0n) is 23.8. The SMILES string of the molecule is c1cc(-c2cccc(-c3ccc4sc5ccncc5c4c3)c2)cc(-c2cccc(-n3c4ccccc4c4ccccc43)c2)c1. The van der Waals surface area contributed by atoms with Crippen molar-refractivity contribution >= 4 is 53.3 Å². The van der Waals surface area contributed by atoms with E-state index in [2.05, 4.69) is 155 Å². The number of benzene rings is 6. The lowest BCUT2D eigenvalue weighted by atomic mass is 9.95. The Morgan fingerprint density at radius 2 is 0.955 bits per heavy atom. The highest BCUT2D eigenvalue weighted by molar-refractivity contribution is 7.25. The summed E-state index contributed by atoms with van der Waals surface area (Å²) >= 11 is 1.82. The maximum atomic E-state index is 4.38. The fourth-order valence-electron chi connectivity index (χ4n) is 6.58. The molecule has 2 nitrogen and oxygen atoms in total. The summed E-state index contributed by atoms with van der Waals surface area (Å²) in [5.41, 5.74) is 10.9. The largest absolute Gasteiger partial charge is 0.309 e. The van der Waals surface area contributed by atoms with Gasteiger partial charge < -0.3 is 4.57 Å². The molecule has 0 aliphatic heterocycles. The van der Waals surface area contributed by atoms with Crippen molar-refractivity contribution in [2.24, 2.45) is 0 Å². The summed E-state index contributed by atoms with van der Waals surface area (Å²) < 4.78 is 4.95. The topological polar surface area (TPSA) is 17.8 Å². The highest BCUT2D eigenvalue weighted by Gasteiger charge is 2.13. The number of rotatable bonds is 4. The van der Waals surface area contributed by atoms with Gasteiger partial charge in [0.2, 0.25) is 0 Å². The molecular weight excluding hydrogens is 553 g/mol. The molecule has 0 fully saturated rings. The Bertz CT molecular complexity index is 2460. The smallest absolute Gasteiger partial charge is 0.0541 e. The third-order valence-corrected chi connectivity index (χ3v) is 9.83. The fourth-order valence-corrected chi connectivity index (χ4v) is 7.64. The van der Waals surface area contributed by atoms with Crippen LogP contribution in [0.15, 0.2) is 158 Å². The average Bonchev–Trinajstić information content (AvgIpc) is 3.64. The number of para-hydroxylation sites is 2. The molecule has 0 atom stereocenters. The zero-order valence-corrected chi connectivity index (χ0v) is 24.6. The monoisotopic (exact) mass is 578 g/mol. The quantitative estimate of drug-likeness (QED) is 0.203. The second-order valence-corrected chi connectivity index (χ2v) is 12.4. The Labute approximate surface area is 259 Å². The van der Waals surface area contributed by atoms with E-state index in [1.165, 1.54) is 81.0 Å². The standard InChI is InChI=1S/C41H26N2S/c1-3-16-38-34(14-1)35-15-2-4-17-39(35)43(38)33-13-7-12-31(24-33)29-10-5-8-27(22-29)28-9-6-11-30(23-28)32-18-19-40-36(25-32)37-26-42-21-20-41(37)44-40/h1-26H. The first-order valence-electron chi connectivity index (χ1n) is 14.9. The van der Waals surface area contributed by atoms with Crippen molar-refractivity contribution in [3.8, 4) is 39.1 Å². The molecule has 0 N–H and O–H groups in total. The first kappa shape index (κ1) is 25.0. The van der Waals surface area contributed by atoms with Crippen LogP contribution in [-0.2, 0) is 0 Å². The van der Waals surface area contributed by atoms with Crippen molar-refractivity contribution in [1.82, 2.24) is 9.55 Å². The van der Waals surface area contributed by atoms with E-state index in [0.717, 1.165) is 0 Å². The van der Waals surface area contributed by atoms with Gasteiger partial charge in [0.1, 0.15) is 0 Å². The summed E-state index contributed by atoms with van der Waals surface area (Å²) in [7, 11) is 0. The van der Waals surface area contributed by atoms with Gasteiger partial charge in [-0.25, -0.2) is 0 Å². The summed E-state index contributed by atoms with van der Waals surface area (Å²) in [6.45, 7) is 0. The Kier molecular flexibility index (Phi) is 5.71. The number of nitrogens with zero attached hydrogens (tertiary/aromatic N) is 2. The zero-order chi connectivity index (χ0) is 29.0. The van der Waals surface area contributed by atoms with E-state index >= 15 is 0 Å². The second kappa shape index (κ2) is 10.0. The first-order chi connectivity index (χ1) is 21.8. The number of fused-ring (bicyclic) bond motifs is 6. The number of aromatic nitrogens is 2. The molecule has 44 heavy (non-hydrogen) atoms. The lowest BCUT2D eigenvalue weighted by Crippen LogP contribution is -1.94. The van der Waals surface area contributed by atoms with E-state index in [1.807, 2.05) is 23.7 Å². The van der Waals surface area contributed by atoms with Crippen LogP contribution in [0.2, 0.25) is 0 Å². The van der Waals surface area contributed by atoms with Crippen molar-refractivity contribution in [2.45, 2.75) is 0 Å². The summed E-state index contributed by atoms with van der Waals surface area (Å²) in [6, 6.07) is 52.9. The lowest BCUT2D eigenvalue weighted by Gasteiger charge is -2.12. The highest BCUT2D eigenvalue weighted by atomic mass is 32.1. The highest BCUT2D eigenvalue weighted by Crippen LogP contribution is 2.37. The van der Waals surface area contributed by atoms with Gasteiger partial charge in [-0.15, -0.1) is 11.3 Å². The third kappa shape index (κ3) is 4.05. The molecule has 0 spiro atoms. The molecule has 9 rings (SSSR count). The molecule has 0 bridgehead atoms.